The number of likely N-dealkylation sites (tertiary alicyclic amines) is 1. The van der Waals surface area contributed by atoms with Crippen molar-refractivity contribution in [3.63, 3.8) is 0 Å². The molecule has 0 spiro atoms. The largest absolute Gasteiger partial charge is 0.497 e. The van der Waals surface area contributed by atoms with Crippen LogP contribution in [0, 0.1) is 11.3 Å². The summed E-state index contributed by atoms with van der Waals surface area (Å²) in [4.78, 5) is 62.3. The highest BCUT2D eigenvalue weighted by atomic mass is 32.2. The normalized spacial score (nSPS) is 21.8. The number of nitrogens with one attached hydrogen (secondary N) is 3. The minimum atomic E-state index is -3.93. The van der Waals surface area contributed by atoms with Crippen LogP contribution in [0.5, 0.6) is 11.5 Å². The van der Waals surface area contributed by atoms with Crippen LogP contribution in [-0.4, -0.2) is 84.7 Å². The number of amides is 4. The van der Waals surface area contributed by atoms with Crippen LogP contribution in [-0.2, 0) is 35.8 Å². The van der Waals surface area contributed by atoms with Gasteiger partial charge in [-0.25, -0.2) is 18.2 Å². The number of carbonyl (C=O) groups is 4. The summed E-state index contributed by atoms with van der Waals surface area (Å²) in [5.74, 6) is -1.59. The molecule has 2 heterocycles. The van der Waals surface area contributed by atoms with E-state index < -0.39 is 74.1 Å². The average molecular weight is 824 g/mol. The highest BCUT2D eigenvalue weighted by molar-refractivity contribution is 7.91. The fourth-order valence-corrected chi connectivity index (χ4v) is 8.79. The minimum absolute atomic E-state index is 0.00432. The van der Waals surface area contributed by atoms with Gasteiger partial charge in [-0.3, -0.25) is 19.1 Å². The molecule has 0 bridgehead atoms. The Balaban J connectivity index is 1.20. The van der Waals surface area contributed by atoms with E-state index in [1.165, 1.54) is 11.0 Å². The van der Waals surface area contributed by atoms with Gasteiger partial charge in [-0.2, -0.15) is 0 Å². The lowest BCUT2D eigenvalue weighted by molar-refractivity contribution is -0.142. The van der Waals surface area contributed by atoms with E-state index in [1.54, 1.807) is 40.0 Å². The Morgan fingerprint density at radius 2 is 1.69 bits per heavy atom. The Kier molecular flexibility index (Phi) is 11.4. The second kappa shape index (κ2) is 16.4. The molecule has 14 nitrogen and oxygen atoms in total. The van der Waals surface area contributed by atoms with Crippen LogP contribution >= 0.6 is 0 Å². The van der Waals surface area contributed by atoms with Gasteiger partial charge < -0.3 is 29.7 Å². The van der Waals surface area contributed by atoms with Crippen LogP contribution in [0.25, 0.3) is 22.2 Å². The van der Waals surface area contributed by atoms with E-state index in [1.807, 2.05) is 72.8 Å². The lowest BCUT2D eigenvalue weighted by Crippen LogP contribution is -2.60. The molecule has 4 aromatic rings. The lowest BCUT2D eigenvalue weighted by atomic mass is 9.85. The van der Waals surface area contributed by atoms with Gasteiger partial charge >= 0.3 is 6.09 Å². The summed E-state index contributed by atoms with van der Waals surface area (Å²) < 4.78 is 45.5. The predicted octanol–water partition coefficient (Wildman–Crippen LogP) is 5.27. The van der Waals surface area contributed by atoms with Gasteiger partial charge in [-0.1, -0.05) is 87.5 Å². The standard InChI is InChI=1S/C44H49N5O9S/c1-6-29-24-44(29,41(52)48-59(54,55)32-18-19-32)47-39(50)36-22-31(25-49(36)40(51)38(43(2,3)4)46-42(53)57-26-27-13-9-7-10-14-27)58-37-23-34(28-15-11-8-12-16-28)45-35-21-30(56-5)17-20-33(35)37/h6-17,20-21,23,29,31-32,36,38H,1,18-19,22,24-26H2,2-5H3,(H,46,53)(H,47,50)(H,48,52)/t29-,31-,36?,38?,44-/m1/s1. The fraction of sp³-hybridized carbons (Fsp3) is 0.386. The molecular formula is C44H49N5O9S. The summed E-state index contributed by atoms with van der Waals surface area (Å²) in [7, 11) is -2.36. The first-order valence-corrected chi connectivity index (χ1v) is 21.2. The van der Waals surface area contributed by atoms with E-state index in [4.69, 9.17) is 19.2 Å². The smallest absolute Gasteiger partial charge is 0.408 e. The van der Waals surface area contributed by atoms with Gasteiger partial charge in [0.1, 0.15) is 41.8 Å². The molecule has 310 valence electrons. The minimum Gasteiger partial charge on any atom is -0.497 e. The summed E-state index contributed by atoms with van der Waals surface area (Å²) in [6, 6.07) is 23.6. The van der Waals surface area contributed by atoms with E-state index in [-0.39, 0.29) is 26.0 Å². The molecule has 59 heavy (non-hydrogen) atoms. The van der Waals surface area contributed by atoms with Crippen molar-refractivity contribution in [2.45, 2.75) is 82.0 Å². The molecule has 7 rings (SSSR count). The van der Waals surface area contributed by atoms with Crippen LogP contribution in [0.1, 0.15) is 52.0 Å². The quantitative estimate of drug-likeness (QED) is 0.142. The van der Waals surface area contributed by atoms with Gasteiger partial charge in [0.15, 0.2) is 0 Å². The highest BCUT2D eigenvalue weighted by Crippen LogP contribution is 2.46. The predicted molar refractivity (Wildman–Crippen MR) is 221 cm³/mol. The first kappa shape index (κ1) is 41.2. The fourth-order valence-electron chi connectivity index (χ4n) is 7.43. The van der Waals surface area contributed by atoms with Crippen molar-refractivity contribution in [3.8, 4) is 22.8 Å². The van der Waals surface area contributed by atoms with E-state index in [2.05, 4.69) is 21.9 Å². The molecule has 3 N–H and O–H groups in total. The summed E-state index contributed by atoms with van der Waals surface area (Å²) in [5.41, 5.74) is 0.403. The molecule has 0 radical (unpaired) electrons. The molecule has 1 saturated heterocycles. The number of nitrogens with zero attached hydrogens (tertiary/aromatic N) is 2. The molecule has 2 saturated carbocycles. The van der Waals surface area contributed by atoms with Crippen molar-refractivity contribution in [1.29, 1.82) is 0 Å². The maximum atomic E-state index is 14.8. The molecule has 2 unspecified atom stereocenters. The lowest BCUT2D eigenvalue weighted by Gasteiger charge is -2.35. The third-order valence-corrected chi connectivity index (χ3v) is 12.8. The summed E-state index contributed by atoms with van der Waals surface area (Å²) in [6.45, 7) is 9.06. The van der Waals surface area contributed by atoms with E-state index in [0.29, 0.717) is 40.9 Å². The second-order valence-electron chi connectivity index (χ2n) is 16.4. The van der Waals surface area contributed by atoms with Gasteiger partial charge in [0.25, 0.3) is 5.91 Å². The van der Waals surface area contributed by atoms with Gasteiger partial charge in [0.05, 0.1) is 30.1 Å². The number of sulfonamides is 1. The van der Waals surface area contributed by atoms with Crippen molar-refractivity contribution >= 4 is 44.7 Å². The van der Waals surface area contributed by atoms with Gasteiger partial charge in [0.2, 0.25) is 21.8 Å². The van der Waals surface area contributed by atoms with E-state index >= 15 is 0 Å². The first-order chi connectivity index (χ1) is 28.1. The highest BCUT2D eigenvalue weighted by Gasteiger charge is 2.62. The molecule has 1 aliphatic heterocycles. The summed E-state index contributed by atoms with van der Waals surface area (Å²) in [6.07, 6.45) is 0.967. The van der Waals surface area contributed by atoms with Gasteiger partial charge in [-0.05, 0) is 42.4 Å². The van der Waals surface area contributed by atoms with Crippen LogP contribution in [0.2, 0.25) is 0 Å². The number of fused-ring (bicyclic) bond motifs is 1. The Bertz CT molecular complexity index is 2370. The molecule has 15 heteroatoms. The number of methoxy groups -OCH3 is 1. The number of hydrogen-bond donors (Lipinski definition) is 3. The van der Waals surface area contributed by atoms with Crippen LogP contribution in [0.15, 0.2) is 97.6 Å². The maximum absolute atomic E-state index is 14.8. The van der Waals surface area contributed by atoms with Crippen LogP contribution < -0.4 is 24.8 Å². The molecule has 3 aromatic carbocycles. The summed E-state index contributed by atoms with van der Waals surface area (Å²) in [5, 5.41) is 5.57. The Morgan fingerprint density at radius 1 is 1.00 bits per heavy atom. The average Bonchev–Trinajstić information content (AvgIpc) is 4.15. The van der Waals surface area contributed by atoms with E-state index in [0.717, 1.165) is 11.1 Å². The number of pyridine rings is 1. The number of alkyl carbamates (subject to hydrolysis) is 1. The van der Waals surface area contributed by atoms with E-state index in [9.17, 15) is 27.6 Å². The van der Waals surface area contributed by atoms with Crippen molar-refractivity contribution in [1.82, 2.24) is 25.2 Å². The number of ether oxygens (including phenoxy) is 3. The van der Waals surface area contributed by atoms with Crippen molar-refractivity contribution in [3.05, 3.63) is 103 Å². The maximum Gasteiger partial charge on any atom is 0.408 e. The third kappa shape index (κ3) is 9.04. The molecular weight excluding hydrogens is 775 g/mol. The molecule has 3 aliphatic rings. The molecule has 4 amide bonds. The Hall–Kier alpha value is -5.96. The number of aromatic nitrogens is 1. The molecule has 2 aliphatic carbocycles. The van der Waals surface area contributed by atoms with Gasteiger partial charge in [0, 0.05) is 35.4 Å². The first-order valence-electron chi connectivity index (χ1n) is 19.6. The Labute approximate surface area is 343 Å². The number of rotatable bonds is 14. The number of hydrogen-bond acceptors (Lipinski definition) is 10. The zero-order chi connectivity index (χ0) is 42.1. The zero-order valence-corrected chi connectivity index (χ0v) is 34.3. The van der Waals surface area contributed by atoms with Crippen molar-refractivity contribution in [2.24, 2.45) is 11.3 Å². The molecule has 3 fully saturated rings. The monoisotopic (exact) mass is 823 g/mol. The van der Waals surface area contributed by atoms with Crippen LogP contribution in [0.4, 0.5) is 4.79 Å². The van der Waals surface area contributed by atoms with Gasteiger partial charge in [-0.15, -0.1) is 6.58 Å². The Morgan fingerprint density at radius 3 is 2.32 bits per heavy atom. The molecule has 5 atom stereocenters. The number of benzene rings is 3. The van der Waals surface area contributed by atoms with Crippen molar-refractivity contribution < 1.29 is 41.8 Å². The second-order valence-corrected chi connectivity index (χ2v) is 18.4. The summed E-state index contributed by atoms with van der Waals surface area (Å²) >= 11 is 0. The SMILES string of the molecule is C=C[C@@H]1C[C@]1(NC(=O)C1C[C@@H](Oc2cc(-c3ccccc3)nc3cc(OC)ccc23)CN1C(=O)C(NC(=O)OCc1ccccc1)C(C)(C)C)C(=O)NS(=O)(=O)C1CC1. The number of carbonyl (C=O) groups excluding carboxylic acids is 4. The van der Waals surface area contributed by atoms with Crippen molar-refractivity contribution in [2.75, 3.05) is 13.7 Å². The molecule has 1 aromatic heterocycles. The zero-order valence-electron chi connectivity index (χ0n) is 33.5. The third-order valence-electron chi connectivity index (χ3n) is 11.0. The topological polar surface area (TPSA) is 182 Å². The van der Waals surface area contributed by atoms with Crippen LogP contribution in [0.3, 0.4) is 0 Å².